The maximum absolute atomic E-state index is 11.0. The third-order valence-electron chi connectivity index (χ3n) is 2.39. The summed E-state index contributed by atoms with van der Waals surface area (Å²) in [5, 5.41) is 14.3. The topological polar surface area (TPSA) is 77.3 Å². The SMILES string of the molecule is CNc1ccc([N+](=O)[O-])c(Oc2ccc(Cl)cc2Br)n1. The average Bonchev–Trinajstić information content (AvgIpc) is 2.41. The predicted molar refractivity (Wildman–Crippen MR) is 79.7 cm³/mol. The molecule has 1 aromatic heterocycles. The van der Waals surface area contributed by atoms with Crippen LogP contribution in [0, 0.1) is 10.1 Å². The minimum Gasteiger partial charge on any atom is -0.432 e. The van der Waals surface area contributed by atoms with Gasteiger partial charge >= 0.3 is 11.6 Å². The third kappa shape index (κ3) is 3.17. The molecule has 0 atom stereocenters. The van der Waals surface area contributed by atoms with E-state index < -0.39 is 4.92 Å². The molecule has 0 aliphatic rings. The second kappa shape index (κ2) is 6.06. The van der Waals surface area contributed by atoms with E-state index >= 15 is 0 Å². The molecule has 1 heterocycles. The largest absolute Gasteiger partial charge is 0.432 e. The van der Waals surface area contributed by atoms with E-state index in [1.54, 1.807) is 25.2 Å². The van der Waals surface area contributed by atoms with Crippen LogP contribution in [-0.2, 0) is 0 Å². The maximum Gasteiger partial charge on any atom is 0.331 e. The van der Waals surface area contributed by atoms with Crippen molar-refractivity contribution in [3.8, 4) is 11.6 Å². The molecule has 0 saturated heterocycles. The van der Waals surface area contributed by atoms with E-state index in [2.05, 4.69) is 26.2 Å². The fourth-order valence-corrected chi connectivity index (χ4v) is 2.21. The first kappa shape index (κ1) is 14.5. The fourth-order valence-electron chi connectivity index (χ4n) is 1.45. The summed E-state index contributed by atoms with van der Waals surface area (Å²) in [5.74, 6) is 0.763. The molecule has 1 aromatic carbocycles. The molecule has 0 aliphatic heterocycles. The van der Waals surface area contributed by atoms with Crippen LogP contribution in [0.15, 0.2) is 34.8 Å². The number of nitrogens with zero attached hydrogens (tertiary/aromatic N) is 2. The van der Waals surface area contributed by atoms with E-state index in [1.165, 1.54) is 12.1 Å². The van der Waals surface area contributed by atoms with Crippen LogP contribution in [-0.4, -0.2) is 17.0 Å². The second-order valence-electron chi connectivity index (χ2n) is 3.70. The lowest BCUT2D eigenvalue weighted by atomic mass is 10.3. The van der Waals surface area contributed by atoms with Crippen LogP contribution in [0.1, 0.15) is 0 Å². The molecule has 0 spiro atoms. The molecule has 20 heavy (non-hydrogen) atoms. The Kier molecular flexibility index (Phi) is 4.41. The lowest BCUT2D eigenvalue weighted by molar-refractivity contribution is -0.386. The van der Waals surface area contributed by atoms with Crippen molar-refractivity contribution in [2.24, 2.45) is 0 Å². The summed E-state index contributed by atoms with van der Waals surface area (Å²) in [5.41, 5.74) is -0.217. The van der Waals surface area contributed by atoms with Crippen molar-refractivity contribution < 1.29 is 9.66 Å². The Morgan fingerprint density at radius 2 is 2.15 bits per heavy atom. The lowest BCUT2D eigenvalue weighted by Gasteiger charge is -2.08. The summed E-state index contributed by atoms with van der Waals surface area (Å²) in [4.78, 5) is 14.5. The summed E-state index contributed by atoms with van der Waals surface area (Å²) in [6, 6.07) is 7.68. The number of aromatic nitrogens is 1. The Balaban J connectivity index is 2.43. The lowest BCUT2D eigenvalue weighted by Crippen LogP contribution is -1.99. The number of anilines is 1. The van der Waals surface area contributed by atoms with E-state index in [9.17, 15) is 10.1 Å². The molecule has 0 bridgehead atoms. The van der Waals surface area contributed by atoms with Gasteiger partial charge in [0, 0.05) is 18.1 Å². The van der Waals surface area contributed by atoms with E-state index in [4.69, 9.17) is 16.3 Å². The zero-order valence-corrected chi connectivity index (χ0v) is 12.6. The zero-order valence-electron chi connectivity index (χ0n) is 10.3. The number of nitro groups is 1. The minimum absolute atomic E-state index is 0.0927. The predicted octanol–water partition coefficient (Wildman–Crippen LogP) is 4.24. The van der Waals surface area contributed by atoms with Crippen molar-refractivity contribution in [2.45, 2.75) is 0 Å². The van der Waals surface area contributed by atoms with Gasteiger partial charge in [0.05, 0.1) is 9.40 Å². The van der Waals surface area contributed by atoms with Crippen molar-refractivity contribution in [2.75, 3.05) is 12.4 Å². The number of nitrogens with one attached hydrogen (secondary N) is 1. The first-order chi connectivity index (χ1) is 9.51. The molecule has 0 saturated carbocycles. The quantitative estimate of drug-likeness (QED) is 0.653. The van der Waals surface area contributed by atoms with Gasteiger partial charge in [0.2, 0.25) is 0 Å². The molecule has 1 N–H and O–H groups in total. The van der Waals surface area contributed by atoms with Crippen LogP contribution >= 0.6 is 27.5 Å². The Hall–Kier alpha value is -1.86. The molecule has 0 radical (unpaired) electrons. The van der Waals surface area contributed by atoms with Gasteiger partial charge in [-0.1, -0.05) is 11.6 Å². The highest BCUT2D eigenvalue weighted by Gasteiger charge is 2.19. The van der Waals surface area contributed by atoms with Crippen molar-refractivity contribution in [1.29, 1.82) is 0 Å². The van der Waals surface area contributed by atoms with Crippen LogP contribution in [0.3, 0.4) is 0 Å². The van der Waals surface area contributed by atoms with Gasteiger partial charge < -0.3 is 10.1 Å². The van der Waals surface area contributed by atoms with Gasteiger partial charge in [-0.15, -0.1) is 0 Å². The normalized spacial score (nSPS) is 10.2. The highest BCUT2D eigenvalue weighted by atomic mass is 79.9. The second-order valence-corrected chi connectivity index (χ2v) is 5.00. The number of hydrogen-bond acceptors (Lipinski definition) is 5. The summed E-state index contributed by atoms with van der Waals surface area (Å²) in [6.45, 7) is 0. The molecule has 2 aromatic rings. The van der Waals surface area contributed by atoms with Gasteiger partial charge in [0.1, 0.15) is 11.6 Å². The maximum atomic E-state index is 11.0. The van der Waals surface area contributed by atoms with E-state index in [0.717, 1.165) is 0 Å². The molecular formula is C12H9BrClN3O3. The molecule has 104 valence electrons. The Bertz CT molecular complexity index is 666. The van der Waals surface area contributed by atoms with Gasteiger partial charge in [-0.2, -0.15) is 4.98 Å². The number of ether oxygens (including phenoxy) is 1. The zero-order chi connectivity index (χ0) is 14.7. The standard InChI is InChI=1S/C12H9BrClN3O3/c1-15-11-5-3-9(17(18)19)12(16-11)20-10-4-2-7(14)6-8(10)13/h2-6H,1H3,(H,15,16). The van der Waals surface area contributed by atoms with Gasteiger partial charge in [-0.05, 0) is 40.2 Å². The average molecular weight is 359 g/mol. The van der Waals surface area contributed by atoms with Crippen molar-refractivity contribution in [1.82, 2.24) is 4.98 Å². The highest BCUT2D eigenvalue weighted by molar-refractivity contribution is 9.10. The summed E-state index contributed by atoms with van der Waals surface area (Å²) >= 11 is 9.11. The number of rotatable bonds is 4. The first-order valence-electron chi connectivity index (χ1n) is 5.47. The monoisotopic (exact) mass is 357 g/mol. The Morgan fingerprint density at radius 3 is 2.75 bits per heavy atom. The fraction of sp³-hybridized carbons (Fsp3) is 0.0833. The summed E-state index contributed by atoms with van der Waals surface area (Å²) in [6.07, 6.45) is 0. The van der Waals surface area contributed by atoms with Gasteiger partial charge in [-0.3, -0.25) is 10.1 Å². The Labute approximate surface area is 128 Å². The smallest absolute Gasteiger partial charge is 0.331 e. The third-order valence-corrected chi connectivity index (χ3v) is 3.25. The Morgan fingerprint density at radius 1 is 1.40 bits per heavy atom. The van der Waals surface area contributed by atoms with Crippen LogP contribution in [0.25, 0.3) is 0 Å². The highest BCUT2D eigenvalue weighted by Crippen LogP contribution is 2.35. The van der Waals surface area contributed by atoms with Crippen LogP contribution < -0.4 is 10.1 Å². The number of benzene rings is 1. The summed E-state index contributed by atoms with van der Waals surface area (Å²) < 4.78 is 6.08. The van der Waals surface area contributed by atoms with Crippen molar-refractivity contribution in [3.63, 3.8) is 0 Å². The molecule has 0 aliphatic carbocycles. The summed E-state index contributed by atoms with van der Waals surface area (Å²) in [7, 11) is 1.66. The van der Waals surface area contributed by atoms with Crippen molar-refractivity contribution in [3.05, 3.63) is 49.9 Å². The van der Waals surface area contributed by atoms with Crippen LogP contribution in [0.4, 0.5) is 11.5 Å². The number of pyridine rings is 1. The first-order valence-corrected chi connectivity index (χ1v) is 6.64. The van der Waals surface area contributed by atoms with E-state index in [0.29, 0.717) is 21.1 Å². The molecule has 8 heteroatoms. The molecule has 2 rings (SSSR count). The number of halogens is 2. The molecule has 0 fully saturated rings. The molecule has 0 amide bonds. The van der Waals surface area contributed by atoms with Crippen LogP contribution in [0.5, 0.6) is 11.6 Å². The number of hydrogen-bond donors (Lipinski definition) is 1. The van der Waals surface area contributed by atoms with E-state index in [1.807, 2.05) is 0 Å². The van der Waals surface area contributed by atoms with Gasteiger partial charge in [-0.25, -0.2) is 0 Å². The minimum atomic E-state index is -0.550. The molecule has 6 nitrogen and oxygen atoms in total. The van der Waals surface area contributed by atoms with Crippen molar-refractivity contribution >= 4 is 39.0 Å². The van der Waals surface area contributed by atoms with Gasteiger partial charge in [0.15, 0.2) is 0 Å². The molecule has 0 unspecified atom stereocenters. The van der Waals surface area contributed by atoms with Gasteiger partial charge in [0.25, 0.3) is 0 Å². The molecular weight excluding hydrogens is 350 g/mol. The van der Waals surface area contributed by atoms with E-state index in [-0.39, 0.29) is 11.6 Å². The van der Waals surface area contributed by atoms with Crippen LogP contribution in [0.2, 0.25) is 5.02 Å².